The molecule has 2 fully saturated rings. The highest BCUT2D eigenvalue weighted by molar-refractivity contribution is 5.74. The van der Waals surface area contributed by atoms with E-state index >= 15 is 0 Å². The van der Waals surface area contributed by atoms with Gasteiger partial charge < -0.3 is 9.80 Å². The Hall–Kier alpha value is -3.12. The number of alkyl halides is 5. The van der Waals surface area contributed by atoms with E-state index in [0.29, 0.717) is 43.2 Å². The van der Waals surface area contributed by atoms with Crippen LogP contribution in [-0.2, 0) is 12.7 Å². The Labute approximate surface area is 185 Å². The van der Waals surface area contributed by atoms with Gasteiger partial charge >= 0.3 is 6.18 Å². The van der Waals surface area contributed by atoms with E-state index in [9.17, 15) is 22.0 Å². The molecule has 0 N–H and O–H groups in total. The molecular formula is C20H21F5N8. The van der Waals surface area contributed by atoms with Gasteiger partial charge in [-0.15, -0.1) is 0 Å². The fourth-order valence-electron chi connectivity index (χ4n) is 4.52. The maximum Gasteiger partial charge on any atom is 0.451 e. The molecule has 5 rings (SSSR count). The van der Waals surface area contributed by atoms with Crippen LogP contribution in [-0.4, -0.2) is 61.8 Å². The lowest BCUT2D eigenvalue weighted by atomic mass is 9.79. The van der Waals surface area contributed by atoms with Crippen molar-refractivity contribution in [1.29, 1.82) is 0 Å². The summed E-state index contributed by atoms with van der Waals surface area (Å²) in [7, 11) is 0. The van der Waals surface area contributed by atoms with Crippen LogP contribution < -0.4 is 9.80 Å². The Morgan fingerprint density at radius 2 is 1.73 bits per heavy atom. The molecule has 0 aliphatic carbocycles. The maximum absolute atomic E-state index is 13.5. The van der Waals surface area contributed by atoms with Crippen LogP contribution in [0.5, 0.6) is 0 Å². The number of hydrogen-bond donors (Lipinski definition) is 0. The van der Waals surface area contributed by atoms with Crippen LogP contribution in [0, 0.1) is 12.3 Å². The Bertz CT molecular complexity index is 1200. The van der Waals surface area contributed by atoms with Gasteiger partial charge in [-0.05, 0) is 13.3 Å². The summed E-state index contributed by atoms with van der Waals surface area (Å²) >= 11 is 0. The van der Waals surface area contributed by atoms with Gasteiger partial charge in [0.1, 0.15) is 12.4 Å². The van der Waals surface area contributed by atoms with Crippen LogP contribution in [0.1, 0.15) is 24.9 Å². The standard InChI is InChI=1S/C20H21F5N8/c1-12-5-14(29-16(28-12)20(23,24)25)32-10-19(11-32)3-4-31(9-19)17-26-6-13-7-27-33(15(13)30-17)8-18(2,21)22/h5-7H,3-4,8-11H2,1-2H3. The molecule has 3 aromatic heterocycles. The predicted molar refractivity (Wildman–Crippen MR) is 109 cm³/mol. The molecule has 3 aromatic rings. The minimum absolute atomic E-state index is 0.119. The first-order chi connectivity index (χ1) is 15.4. The van der Waals surface area contributed by atoms with Gasteiger partial charge in [0.05, 0.1) is 11.6 Å². The third kappa shape index (κ3) is 4.15. The second-order valence-electron chi connectivity index (χ2n) is 9.04. The summed E-state index contributed by atoms with van der Waals surface area (Å²) < 4.78 is 67.3. The average molecular weight is 468 g/mol. The van der Waals surface area contributed by atoms with Crippen molar-refractivity contribution in [3.8, 4) is 0 Å². The van der Waals surface area contributed by atoms with Gasteiger partial charge in [0.15, 0.2) is 5.65 Å². The minimum atomic E-state index is -4.60. The van der Waals surface area contributed by atoms with Gasteiger partial charge in [0.2, 0.25) is 11.8 Å². The number of fused-ring (bicyclic) bond motifs is 1. The summed E-state index contributed by atoms with van der Waals surface area (Å²) in [5.74, 6) is -3.37. The van der Waals surface area contributed by atoms with E-state index in [1.54, 1.807) is 12.3 Å². The molecule has 0 unspecified atom stereocenters. The van der Waals surface area contributed by atoms with Crippen LogP contribution in [0.3, 0.4) is 0 Å². The highest BCUT2D eigenvalue weighted by atomic mass is 19.4. The molecule has 0 bridgehead atoms. The first-order valence-corrected chi connectivity index (χ1v) is 10.4. The lowest BCUT2D eigenvalue weighted by Gasteiger charge is -2.48. The Kier molecular flexibility index (Phi) is 4.73. The molecule has 33 heavy (non-hydrogen) atoms. The van der Waals surface area contributed by atoms with Gasteiger partial charge in [-0.1, -0.05) is 0 Å². The zero-order chi connectivity index (χ0) is 23.6. The van der Waals surface area contributed by atoms with Crippen molar-refractivity contribution >= 4 is 22.8 Å². The fourth-order valence-corrected chi connectivity index (χ4v) is 4.52. The zero-order valence-corrected chi connectivity index (χ0v) is 17.9. The molecule has 0 radical (unpaired) electrons. The van der Waals surface area contributed by atoms with E-state index in [-0.39, 0.29) is 16.9 Å². The highest BCUT2D eigenvalue weighted by Crippen LogP contribution is 2.42. The third-order valence-corrected chi connectivity index (χ3v) is 5.98. The van der Waals surface area contributed by atoms with Gasteiger partial charge in [0.25, 0.3) is 5.92 Å². The lowest BCUT2D eigenvalue weighted by molar-refractivity contribution is -0.145. The number of rotatable bonds is 4. The second-order valence-corrected chi connectivity index (χ2v) is 9.04. The number of aromatic nitrogens is 6. The second kappa shape index (κ2) is 7.19. The summed E-state index contributed by atoms with van der Waals surface area (Å²) in [5.41, 5.74) is 0.484. The van der Waals surface area contributed by atoms with Crippen LogP contribution >= 0.6 is 0 Å². The highest BCUT2D eigenvalue weighted by Gasteiger charge is 2.49. The molecule has 8 nitrogen and oxygen atoms in total. The van der Waals surface area contributed by atoms with E-state index in [4.69, 9.17) is 0 Å². The quantitative estimate of drug-likeness (QED) is 0.544. The molecular weight excluding hydrogens is 447 g/mol. The minimum Gasteiger partial charge on any atom is -0.355 e. The number of nitrogens with zero attached hydrogens (tertiary/aromatic N) is 8. The van der Waals surface area contributed by atoms with Crippen LogP contribution in [0.15, 0.2) is 18.5 Å². The molecule has 2 aliphatic rings. The van der Waals surface area contributed by atoms with Crippen molar-refractivity contribution in [3.63, 3.8) is 0 Å². The molecule has 0 atom stereocenters. The molecule has 13 heteroatoms. The van der Waals surface area contributed by atoms with Crippen molar-refractivity contribution in [3.05, 3.63) is 30.0 Å². The Morgan fingerprint density at radius 1 is 1.00 bits per heavy atom. The molecule has 0 aromatic carbocycles. The van der Waals surface area contributed by atoms with E-state index in [2.05, 4.69) is 25.0 Å². The van der Waals surface area contributed by atoms with Crippen LogP contribution in [0.2, 0.25) is 0 Å². The Balaban J connectivity index is 1.31. The van der Waals surface area contributed by atoms with Crippen molar-refractivity contribution in [2.45, 2.75) is 38.9 Å². The zero-order valence-electron chi connectivity index (χ0n) is 17.9. The molecule has 2 saturated heterocycles. The first kappa shape index (κ1) is 21.7. The van der Waals surface area contributed by atoms with Crippen LogP contribution in [0.25, 0.3) is 11.0 Å². The monoisotopic (exact) mass is 468 g/mol. The van der Waals surface area contributed by atoms with E-state index in [0.717, 1.165) is 13.3 Å². The first-order valence-electron chi connectivity index (χ1n) is 10.4. The van der Waals surface area contributed by atoms with Crippen molar-refractivity contribution in [1.82, 2.24) is 29.7 Å². The van der Waals surface area contributed by atoms with E-state index in [1.807, 2.05) is 9.80 Å². The van der Waals surface area contributed by atoms with Crippen molar-refractivity contribution < 1.29 is 22.0 Å². The maximum atomic E-state index is 13.5. The molecule has 0 saturated carbocycles. The number of halogens is 5. The van der Waals surface area contributed by atoms with Crippen LogP contribution in [0.4, 0.5) is 33.7 Å². The Morgan fingerprint density at radius 3 is 2.42 bits per heavy atom. The summed E-state index contributed by atoms with van der Waals surface area (Å²) in [4.78, 5) is 19.8. The number of hydrogen-bond acceptors (Lipinski definition) is 7. The molecule has 5 heterocycles. The largest absolute Gasteiger partial charge is 0.451 e. The van der Waals surface area contributed by atoms with Crippen molar-refractivity contribution in [2.75, 3.05) is 36.0 Å². The molecule has 176 valence electrons. The summed E-state index contributed by atoms with van der Waals surface area (Å²) in [6, 6.07) is 1.55. The average Bonchev–Trinajstić information content (AvgIpc) is 3.29. The lowest BCUT2D eigenvalue weighted by Crippen LogP contribution is -2.58. The van der Waals surface area contributed by atoms with Gasteiger partial charge in [-0.25, -0.2) is 28.4 Å². The van der Waals surface area contributed by atoms with E-state index in [1.165, 1.54) is 17.8 Å². The van der Waals surface area contributed by atoms with Gasteiger partial charge in [-0.3, -0.25) is 0 Å². The fraction of sp³-hybridized carbons (Fsp3) is 0.550. The van der Waals surface area contributed by atoms with E-state index < -0.39 is 24.5 Å². The van der Waals surface area contributed by atoms with Gasteiger partial charge in [0, 0.05) is 56.5 Å². The smallest absolute Gasteiger partial charge is 0.355 e. The topological polar surface area (TPSA) is 75.9 Å². The number of aryl methyl sites for hydroxylation is 1. The SMILES string of the molecule is Cc1cc(N2CC3(CCN(c4ncc5cnn(CC(C)(F)F)c5n4)C3)C2)nc(C(F)(F)F)n1. The summed E-state index contributed by atoms with van der Waals surface area (Å²) in [6.45, 7) is 4.15. The summed E-state index contributed by atoms with van der Waals surface area (Å²) in [6.07, 6.45) is -0.764. The predicted octanol–water partition coefficient (Wildman–Crippen LogP) is 3.32. The molecule has 2 aliphatic heterocycles. The molecule has 1 spiro atoms. The van der Waals surface area contributed by atoms with Gasteiger partial charge in [-0.2, -0.15) is 23.3 Å². The summed E-state index contributed by atoms with van der Waals surface area (Å²) in [5, 5.41) is 4.57. The third-order valence-electron chi connectivity index (χ3n) is 5.98. The van der Waals surface area contributed by atoms with Crippen molar-refractivity contribution in [2.24, 2.45) is 5.41 Å². The normalized spacial score (nSPS) is 18.4. The molecule has 0 amide bonds. The number of anilines is 2.